The number of halogens is 4. The average Bonchev–Trinajstić information content (AvgIpc) is 3.26. The highest BCUT2D eigenvalue weighted by atomic mass is 19.2. The van der Waals surface area contributed by atoms with Crippen LogP contribution in [0.5, 0.6) is 23.0 Å². The third-order valence-electron chi connectivity index (χ3n) is 9.53. The normalized spacial score (nSPS) is 10.8. The molecule has 3 rings (SSSR count). The molecule has 0 fully saturated rings. The van der Waals surface area contributed by atoms with Crippen LogP contribution in [0.25, 0.3) is 0 Å². The molecule has 0 aliphatic heterocycles. The summed E-state index contributed by atoms with van der Waals surface area (Å²) in [7, 11) is 0. The second-order valence-electron chi connectivity index (χ2n) is 14.9. The van der Waals surface area contributed by atoms with Gasteiger partial charge in [0.15, 0.2) is 0 Å². The van der Waals surface area contributed by atoms with Crippen LogP contribution in [0, 0.1) is 23.3 Å². The fourth-order valence-corrected chi connectivity index (χ4v) is 5.93. The molecule has 62 heavy (non-hydrogen) atoms. The van der Waals surface area contributed by atoms with Crippen LogP contribution in [-0.4, -0.2) is 50.3 Å². The SMILES string of the molecule is C=C(C)C(=O)OCCCCCCCCCCOc1ccc(C(=O)Oc2c(F)c(F)c(OC(=O)c3ccc(OCCCCCCCCCCOC(=O)C(=C)C)cc3)c(F)c2F)cc1. The third kappa shape index (κ3) is 18.1. The molecular formula is C48H58F4O10. The van der Waals surface area contributed by atoms with Crippen molar-refractivity contribution in [2.45, 2.75) is 117 Å². The van der Waals surface area contributed by atoms with Crippen molar-refractivity contribution in [1.29, 1.82) is 0 Å². The van der Waals surface area contributed by atoms with Gasteiger partial charge in [-0.2, -0.15) is 17.6 Å². The van der Waals surface area contributed by atoms with Gasteiger partial charge in [0.1, 0.15) is 11.5 Å². The molecule has 0 bridgehead atoms. The number of carbonyl (C=O) groups excluding carboxylic acids is 4. The average molecular weight is 871 g/mol. The lowest BCUT2D eigenvalue weighted by Crippen LogP contribution is -2.16. The number of unbranched alkanes of at least 4 members (excludes halogenated alkanes) is 14. The fourth-order valence-electron chi connectivity index (χ4n) is 5.93. The highest BCUT2D eigenvalue weighted by Crippen LogP contribution is 2.35. The minimum absolute atomic E-state index is 0.172. The molecule has 10 nitrogen and oxygen atoms in total. The smallest absolute Gasteiger partial charge is 0.343 e. The van der Waals surface area contributed by atoms with Crippen molar-refractivity contribution >= 4 is 23.9 Å². The van der Waals surface area contributed by atoms with Gasteiger partial charge in [-0.25, -0.2) is 19.2 Å². The summed E-state index contributed by atoms with van der Waals surface area (Å²) in [6, 6.07) is 10.9. The van der Waals surface area contributed by atoms with Crippen LogP contribution in [-0.2, 0) is 19.1 Å². The van der Waals surface area contributed by atoms with Gasteiger partial charge in [0.2, 0.25) is 34.8 Å². The lowest BCUT2D eigenvalue weighted by Gasteiger charge is -2.13. The first kappa shape index (κ1) is 50.7. The molecule has 0 spiro atoms. The number of rotatable bonds is 30. The number of hydrogen-bond donors (Lipinski definition) is 0. The molecule has 0 saturated carbocycles. The Kier molecular flexibility index (Phi) is 22.9. The van der Waals surface area contributed by atoms with Crippen molar-refractivity contribution in [3.05, 3.63) is 107 Å². The molecule has 0 radical (unpaired) electrons. The number of carbonyl (C=O) groups is 4. The summed E-state index contributed by atoms with van der Waals surface area (Å²) in [5, 5.41) is 0. The van der Waals surface area contributed by atoms with Crippen molar-refractivity contribution in [2.24, 2.45) is 0 Å². The Bertz CT molecular complexity index is 1760. The summed E-state index contributed by atoms with van der Waals surface area (Å²) in [6.07, 6.45) is 15.6. The van der Waals surface area contributed by atoms with E-state index in [0.717, 1.165) is 103 Å². The first-order chi connectivity index (χ1) is 29.8. The number of benzene rings is 3. The molecule has 3 aromatic rings. The maximum Gasteiger partial charge on any atom is 0.343 e. The van der Waals surface area contributed by atoms with Crippen molar-refractivity contribution in [2.75, 3.05) is 26.4 Å². The second-order valence-corrected chi connectivity index (χ2v) is 14.9. The van der Waals surface area contributed by atoms with Gasteiger partial charge in [-0.1, -0.05) is 90.2 Å². The standard InChI is InChI=1S/C48H58F4O10/c1-33(2)45(53)59-31-19-15-11-7-5-9-13-17-29-57-37-25-21-35(22-26-37)47(55)61-43-39(49)41(51)44(42(52)40(43)50)62-48(56)36-23-27-38(28-24-36)58-30-18-14-10-6-8-12-16-20-32-60-46(54)34(3)4/h21-28H,1,3,5-20,29-32H2,2,4H3. The zero-order valence-electron chi connectivity index (χ0n) is 35.8. The van der Waals surface area contributed by atoms with Crippen LogP contribution >= 0.6 is 0 Å². The van der Waals surface area contributed by atoms with Crippen molar-refractivity contribution < 1.29 is 65.2 Å². The summed E-state index contributed by atoms with van der Waals surface area (Å²) in [4.78, 5) is 48.0. The highest BCUT2D eigenvalue weighted by Gasteiger charge is 2.31. The molecule has 0 atom stereocenters. The largest absolute Gasteiger partial charge is 0.494 e. The summed E-state index contributed by atoms with van der Waals surface area (Å²) in [6.45, 7) is 12.0. The lowest BCUT2D eigenvalue weighted by atomic mass is 10.1. The van der Waals surface area contributed by atoms with E-state index in [-0.39, 0.29) is 23.1 Å². The molecule has 0 aliphatic rings. The van der Waals surface area contributed by atoms with Crippen molar-refractivity contribution in [1.82, 2.24) is 0 Å². The van der Waals surface area contributed by atoms with Crippen LogP contribution < -0.4 is 18.9 Å². The first-order valence-corrected chi connectivity index (χ1v) is 21.2. The maximum absolute atomic E-state index is 14.9. The molecule has 3 aromatic carbocycles. The minimum atomic E-state index is -2.07. The summed E-state index contributed by atoms with van der Waals surface area (Å²) in [5.74, 6) is -14.0. The minimum Gasteiger partial charge on any atom is -0.494 e. The Morgan fingerprint density at radius 3 is 0.952 bits per heavy atom. The molecule has 0 aliphatic carbocycles. The monoisotopic (exact) mass is 870 g/mol. The molecule has 0 amide bonds. The van der Waals surface area contributed by atoms with Crippen LogP contribution in [0.15, 0.2) is 72.8 Å². The van der Waals surface area contributed by atoms with Crippen LogP contribution in [0.4, 0.5) is 17.6 Å². The Hall–Kier alpha value is -5.66. The van der Waals surface area contributed by atoms with Crippen LogP contribution in [0.3, 0.4) is 0 Å². The zero-order valence-corrected chi connectivity index (χ0v) is 35.8. The molecular weight excluding hydrogens is 813 g/mol. The summed E-state index contributed by atoms with van der Waals surface area (Å²) >= 11 is 0. The van der Waals surface area contributed by atoms with E-state index in [1.165, 1.54) is 48.5 Å². The predicted octanol–water partition coefficient (Wildman–Crippen LogP) is 11.9. The van der Waals surface area contributed by atoms with Gasteiger partial charge in [0.05, 0.1) is 37.6 Å². The Morgan fingerprint density at radius 1 is 0.419 bits per heavy atom. The van der Waals surface area contributed by atoms with Gasteiger partial charge < -0.3 is 28.4 Å². The Morgan fingerprint density at radius 2 is 0.677 bits per heavy atom. The van der Waals surface area contributed by atoms with Crippen LogP contribution in [0.1, 0.15) is 137 Å². The van der Waals surface area contributed by atoms with Gasteiger partial charge in [-0.05, 0) is 88.1 Å². The molecule has 0 saturated heterocycles. The van der Waals surface area contributed by atoms with Gasteiger partial charge in [0, 0.05) is 11.1 Å². The summed E-state index contributed by atoms with van der Waals surface area (Å²) in [5.41, 5.74) is 0.443. The van der Waals surface area contributed by atoms with Crippen LogP contribution in [0.2, 0.25) is 0 Å². The van der Waals surface area contributed by atoms with Crippen molar-refractivity contribution in [3.8, 4) is 23.0 Å². The third-order valence-corrected chi connectivity index (χ3v) is 9.53. The van der Waals surface area contributed by atoms with Gasteiger partial charge in [0.25, 0.3) is 0 Å². The molecule has 0 unspecified atom stereocenters. The van der Waals surface area contributed by atoms with E-state index >= 15 is 0 Å². The lowest BCUT2D eigenvalue weighted by molar-refractivity contribution is -0.139. The summed E-state index contributed by atoms with van der Waals surface area (Å²) < 4.78 is 90.7. The van der Waals surface area contributed by atoms with E-state index in [2.05, 4.69) is 13.2 Å². The highest BCUT2D eigenvalue weighted by molar-refractivity contribution is 5.92. The van der Waals surface area contributed by atoms with Gasteiger partial charge >= 0.3 is 23.9 Å². The Balaban J connectivity index is 1.35. The van der Waals surface area contributed by atoms with E-state index in [1.807, 2.05) is 0 Å². The number of esters is 4. The van der Waals surface area contributed by atoms with Gasteiger partial charge in [-0.3, -0.25) is 0 Å². The van der Waals surface area contributed by atoms with E-state index in [9.17, 15) is 36.7 Å². The molecule has 0 N–H and O–H groups in total. The number of hydrogen-bond acceptors (Lipinski definition) is 10. The van der Waals surface area contributed by atoms with E-state index < -0.39 is 46.7 Å². The zero-order chi connectivity index (χ0) is 45.3. The maximum atomic E-state index is 14.9. The Labute approximate surface area is 361 Å². The topological polar surface area (TPSA) is 124 Å². The predicted molar refractivity (Wildman–Crippen MR) is 225 cm³/mol. The first-order valence-electron chi connectivity index (χ1n) is 21.2. The van der Waals surface area contributed by atoms with E-state index in [0.29, 0.717) is 49.1 Å². The molecule has 338 valence electrons. The molecule has 0 aromatic heterocycles. The number of ether oxygens (including phenoxy) is 6. The fraction of sp³-hybridized carbons (Fsp3) is 0.458. The quantitative estimate of drug-likeness (QED) is 0.0160. The van der Waals surface area contributed by atoms with Crippen molar-refractivity contribution in [3.63, 3.8) is 0 Å². The second kappa shape index (κ2) is 28.0. The molecule has 0 heterocycles. The van der Waals surface area contributed by atoms with E-state index in [4.69, 9.17) is 28.4 Å². The molecule has 14 heteroatoms. The van der Waals surface area contributed by atoms with E-state index in [1.54, 1.807) is 13.8 Å². The van der Waals surface area contributed by atoms with Gasteiger partial charge in [-0.15, -0.1) is 0 Å².